The van der Waals surface area contributed by atoms with E-state index in [2.05, 4.69) is 10.3 Å². The smallest absolute Gasteiger partial charge is 0.267 e. The van der Waals surface area contributed by atoms with E-state index in [9.17, 15) is 9.18 Å². The fourth-order valence-electron chi connectivity index (χ4n) is 1.88. The number of carbonyl (C=O) groups is 1. The summed E-state index contributed by atoms with van der Waals surface area (Å²) < 4.78 is 13.1. The molecule has 0 saturated carbocycles. The van der Waals surface area contributed by atoms with Crippen LogP contribution in [0.2, 0.25) is 5.02 Å². The molecule has 1 amide bonds. The largest absolute Gasteiger partial charge is 0.321 e. The van der Waals surface area contributed by atoms with Crippen molar-refractivity contribution >= 4 is 45.9 Å². The first-order valence-corrected chi connectivity index (χ1v) is 8.44. The Kier molecular flexibility index (Phi) is 4.24. The molecule has 0 aliphatic heterocycles. The number of hydrogen-bond acceptors (Lipinski definition) is 4. The topological polar surface area (TPSA) is 42.0 Å². The molecular formula is C15H10ClFN2OS2. The Labute approximate surface area is 139 Å². The molecule has 3 rings (SSSR count). The quantitative estimate of drug-likeness (QED) is 0.701. The predicted molar refractivity (Wildman–Crippen MR) is 89.5 cm³/mol. The van der Waals surface area contributed by atoms with Crippen molar-refractivity contribution in [1.82, 2.24) is 4.98 Å². The molecule has 1 N–H and O–H groups in total. The summed E-state index contributed by atoms with van der Waals surface area (Å²) in [6, 6.07) is 6.03. The zero-order chi connectivity index (χ0) is 15.7. The Hall–Kier alpha value is -1.76. The van der Waals surface area contributed by atoms with Gasteiger partial charge in [-0.15, -0.1) is 11.3 Å². The van der Waals surface area contributed by atoms with Crippen LogP contribution in [0.15, 0.2) is 35.0 Å². The molecule has 0 aliphatic carbocycles. The minimum absolute atomic E-state index is 0.0298. The van der Waals surface area contributed by atoms with Gasteiger partial charge >= 0.3 is 0 Å². The predicted octanol–water partition coefficient (Wildman–Crippen LogP) is 5.22. The third-order valence-corrected chi connectivity index (χ3v) is 5.13. The van der Waals surface area contributed by atoms with E-state index in [0.717, 1.165) is 10.6 Å². The maximum atomic E-state index is 13.1. The van der Waals surface area contributed by atoms with Gasteiger partial charge in [0.25, 0.3) is 5.91 Å². The highest BCUT2D eigenvalue weighted by molar-refractivity contribution is 7.17. The van der Waals surface area contributed by atoms with Gasteiger partial charge < -0.3 is 5.32 Å². The van der Waals surface area contributed by atoms with Crippen LogP contribution in [-0.4, -0.2) is 10.9 Å². The van der Waals surface area contributed by atoms with Crippen molar-refractivity contribution in [3.05, 3.63) is 56.4 Å². The third kappa shape index (κ3) is 3.04. The summed E-state index contributed by atoms with van der Waals surface area (Å²) in [6.45, 7) is 1.79. The second kappa shape index (κ2) is 6.16. The first kappa shape index (κ1) is 15.1. The number of anilines is 1. The van der Waals surface area contributed by atoms with Gasteiger partial charge in [0.2, 0.25) is 0 Å². The number of halogens is 2. The molecule has 1 aromatic carbocycles. The molecule has 0 unspecified atom stereocenters. The van der Waals surface area contributed by atoms with Crippen LogP contribution < -0.4 is 5.32 Å². The average Bonchev–Trinajstić information content (AvgIpc) is 3.12. The van der Waals surface area contributed by atoms with Gasteiger partial charge in [-0.2, -0.15) is 11.3 Å². The van der Waals surface area contributed by atoms with Crippen LogP contribution in [0.1, 0.15) is 15.4 Å². The Morgan fingerprint density at radius 2 is 2.18 bits per heavy atom. The lowest BCUT2D eigenvalue weighted by atomic mass is 10.3. The number of amides is 1. The maximum Gasteiger partial charge on any atom is 0.267 e. The Balaban J connectivity index is 1.84. The highest BCUT2D eigenvalue weighted by Crippen LogP contribution is 2.30. The number of aromatic nitrogens is 1. The van der Waals surface area contributed by atoms with E-state index in [4.69, 9.17) is 11.6 Å². The van der Waals surface area contributed by atoms with Gasteiger partial charge in [-0.3, -0.25) is 4.79 Å². The van der Waals surface area contributed by atoms with E-state index in [1.165, 1.54) is 29.5 Å². The molecule has 22 heavy (non-hydrogen) atoms. The van der Waals surface area contributed by atoms with E-state index < -0.39 is 5.82 Å². The molecule has 0 saturated heterocycles. The van der Waals surface area contributed by atoms with E-state index in [1.54, 1.807) is 18.3 Å². The van der Waals surface area contributed by atoms with Crippen LogP contribution in [-0.2, 0) is 0 Å². The number of hydrogen-bond donors (Lipinski definition) is 1. The molecule has 0 spiro atoms. The molecule has 2 aromatic heterocycles. The lowest BCUT2D eigenvalue weighted by molar-refractivity contribution is 0.103. The summed E-state index contributed by atoms with van der Waals surface area (Å²) in [6.07, 6.45) is 0. The van der Waals surface area contributed by atoms with Crippen LogP contribution in [0, 0.1) is 12.7 Å². The van der Waals surface area contributed by atoms with Crippen LogP contribution in [0.3, 0.4) is 0 Å². The Morgan fingerprint density at radius 3 is 2.86 bits per heavy atom. The molecule has 3 aromatic rings. The Morgan fingerprint density at radius 1 is 1.36 bits per heavy atom. The first-order chi connectivity index (χ1) is 10.5. The molecule has 3 nitrogen and oxygen atoms in total. The number of benzene rings is 1. The zero-order valence-corrected chi connectivity index (χ0v) is 13.8. The van der Waals surface area contributed by atoms with Crippen molar-refractivity contribution in [3.8, 4) is 10.6 Å². The summed E-state index contributed by atoms with van der Waals surface area (Å²) in [5.41, 5.74) is 2.11. The number of thiophene rings is 1. The van der Waals surface area contributed by atoms with Gasteiger partial charge in [0.1, 0.15) is 15.7 Å². The summed E-state index contributed by atoms with van der Waals surface area (Å²) >= 11 is 8.62. The molecule has 2 heterocycles. The third-order valence-electron chi connectivity index (χ3n) is 2.95. The number of carbonyl (C=O) groups excluding carboxylic acids is 1. The van der Waals surface area contributed by atoms with E-state index in [0.29, 0.717) is 16.3 Å². The van der Waals surface area contributed by atoms with Crippen molar-refractivity contribution in [2.75, 3.05) is 5.32 Å². The normalized spacial score (nSPS) is 10.7. The van der Waals surface area contributed by atoms with E-state index in [1.807, 2.05) is 16.8 Å². The fourth-order valence-corrected chi connectivity index (χ4v) is 3.73. The highest BCUT2D eigenvalue weighted by Gasteiger charge is 2.17. The minimum Gasteiger partial charge on any atom is -0.321 e. The number of rotatable bonds is 3. The minimum atomic E-state index is -0.520. The van der Waals surface area contributed by atoms with Crippen LogP contribution in [0.5, 0.6) is 0 Å². The van der Waals surface area contributed by atoms with Gasteiger partial charge in [0.05, 0.1) is 10.7 Å². The lowest BCUT2D eigenvalue weighted by Crippen LogP contribution is -2.11. The number of aryl methyl sites for hydroxylation is 1. The summed E-state index contributed by atoms with van der Waals surface area (Å²) in [5.74, 6) is -0.799. The standard InChI is InChI=1S/C15H10ClFN2OS2/c1-8-13(22-15(18-8)9-4-5-21-7-9)14(20)19-10-2-3-12(17)11(16)6-10/h2-7H,1H3,(H,19,20). The summed E-state index contributed by atoms with van der Waals surface area (Å²) in [7, 11) is 0. The summed E-state index contributed by atoms with van der Waals surface area (Å²) in [5, 5.41) is 7.44. The van der Waals surface area contributed by atoms with Crippen LogP contribution >= 0.6 is 34.3 Å². The monoisotopic (exact) mass is 352 g/mol. The average molecular weight is 353 g/mol. The number of nitrogens with zero attached hydrogens (tertiary/aromatic N) is 1. The second-order valence-corrected chi connectivity index (χ2v) is 6.71. The van der Waals surface area contributed by atoms with E-state index in [-0.39, 0.29) is 10.9 Å². The molecule has 7 heteroatoms. The molecule has 0 atom stereocenters. The molecule has 0 fully saturated rings. The molecule has 0 radical (unpaired) electrons. The van der Waals surface area contributed by atoms with Gasteiger partial charge in [-0.25, -0.2) is 9.37 Å². The van der Waals surface area contributed by atoms with Gasteiger partial charge in [-0.1, -0.05) is 11.6 Å². The van der Waals surface area contributed by atoms with Crippen molar-refractivity contribution in [2.45, 2.75) is 6.92 Å². The molecule has 0 bridgehead atoms. The first-order valence-electron chi connectivity index (χ1n) is 6.31. The van der Waals surface area contributed by atoms with Crippen molar-refractivity contribution in [2.24, 2.45) is 0 Å². The number of nitrogens with one attached hydrogen (secondary N) is 1. The second-order valence-electron chi connectivity index (χ2n) is 4.53. The van der Waals surface area contributed by atoms with Crippen molar-refractivity contribution in [1.29, 1.82) is 0 Å². The fraction of sp³-hybridized carbons (Fsp3) is 0.0667. The van der Waals surface area contributed by atoms with Gasteiger partial charge in [-0.05, 0) is 36.6 Å². The van der Waals surface area contributed by atoms with E-state index >= 15 is 0 Å². The number of thiazole rings is 1. The zero-order valence-electron chi connectivity index (χ0n) is 11.4. The SMILES string of the molecule is Cc1nc(-c2ccsc2)sc1C(=O)Nc1ccc(F)c(Cl)c1. The van der Waals surface area contributed by atoms with Crippen LogP contribution in [0.25, 0.3) is 10.6 Å². The van der Waals surface area contributed by atoms with Gasteiger partial charge in [0.15, 0.2) is 0 Å². The van der Waals surface area contributed by atoms with Crippen molar-refractivity contribution < 1.29 is 9.18 Å². The Bertz CT molecular complexity index is 830. The van der Waals surface area contributed by atoms with Crippen molar-refractivity contribution in [3.63, 3.8) is 0 Å². The lowest BCUT2D eigenvalue weighted by Gasteiger charge is -2.04. The summed E-state index contributed by atoms with van der Waals surface area (Å²) in [4.78, 5) is 17.3. The van der Waals surface area contributed by atoms with Crippen LogP contribution in [0.4, 0.5) is 10.1 Å². The highest BCUT2D eigenvalue weighted by atomic mass is 35.5. The molecule has 0 aliphatic rings. The molecule has 112 valence electrons. The van der Waals surface area contributed by atoms with Gasteiger partial charge in [0, 0.05) is 16.6 Å². The maximum absolute atomic E-state index is 13.1. The molecular weight excluding hydrogens is 343 g/mol.